The molecule has 34 heavy (non-hydrogen) atoms. The van der Waals surface area contributed by atoms with Gasteiger partial charge in [0.15, 0.2) is 6.29 Å². The lowest BCUT2D eigenvalue weighted by atomic mass is 9.87. The highest BCUT2D eigenvalue weighted by Gasteiger charge is 2.51. The number of ether oxygens (including phenoxy) is 3. The van der Waals surface area contributed by atoms with Gasteiger partial charge in [-0.2, -0.15) is 0 Å². The second-order valence-corrected chi connectivity index (χ2v) is 8.80. The summed E-state index contributed by atoms with van der Waals surface area (Å²) in [7, 11) is 0. The molecule has 0 aromatic heterocycles. The van der Waals surface area contributed by atoms with Crippen molar-refractivity contribution in [3.63, 3.8) is 0 Å². The summed E-state index contributed by atoms with van der Waals surface area (Å²) >= 11 is 0. The van der Waals surface area contributed by atoms with Crippen molar-refractivity contribution < 1.29 is 65.3 Å². The molecule has 0 bridgehead atoms. The maximum Gasteiger partial charge on any atom is 0.187 e. The molecule has 14 atom stereocenters. The van der Waals surface area contributed by atoms with Gasteiger partial charge in [0.1, 0.15) is 67.3 Å². The van der Waals surface area contributed by atoms with Crippen LogP contribution >= 0.6 is 0 Å². The Labute approximate surface area is 195 Å². The number of rotatable bonds is 7. The van der Waals surface area contributed by atoms with Gasteiger partial charge in [-0.1, -0.05) is 13.0 Å². The number of aliphatic hydroxyl groups excluding tert-OH is 10. The fraction of sp³-hybridized carbons (Fsp3) is 0.900. The second-order valence-electron chi connectivity index (χ2n) is 8.80. The zero-order valence-corrected chi connectivity index (χ0v) is 18.5. The van der Waals surface area contributed by atoms with Crippen LogP contribution < -0.4 is 5.32 Å². The van der Waals surface area contributed by atoms with Crippen molar-refractivity contribution in [3.05, 3.63) is 11.6 Å². The Kier molecular flexibility index (Phi) is 9.38. The molecule has 14 nitrogen and oxygen atoms in total. The first-order valence-corrected chi connectivity index (χ1v) is 11.1. The van der Waals surface area contributed by atoms with Crippen LogP contribution in [-0.2, 0) is 14.2 Å². The lowest BCUT2D eigenvalue weighted by Crippen LogP contribution is -2.68. The first-order chi connectivity index (χ1) is 16.0. The number of hydrogen-bond acceptors (Lipinski definition) is 14. The van der Waals surface area contributed by atoms with E-state index < -0.39 is 98.9 Å². The standard InChI is InChI=1S/C20H35NO13/c1-2-8-12(26)15(29)17(31)20(33-8)34-18-16(30)13(27)9(5-23)32-19(18)21-7-3-6(4-22)10(24)14(28)11(7)25/h3,7-31H,2,4-5H2,1H3. The van der Waals surface area contributed by atoms with Crippen molar-refractivity contribution in [2.75, 3.05) is 13.2 Å². The van der Waals surface area contributed by atoms with E-state index in [1.807, 2.05) is 0 Å². The van der Waals surface area contributed by atoms with E-state index in [1.165, 1.54) is 6.08 Å². The minimum absolute atomic E-state index is 0.0109. The summed E-state index contributed by atoms with van der Waals surface area (Å²) in [6, 6.07) is -1.13. The van der Waals surface area contributed by atoms with Crippen LogP contribution in [0.2, 0.25) is 0 Å². The predicted molar refractivity (Wildman–Crippen MR) is 110 cm³/mol. The molecule has 14 unspecified atom stereocenters. The third kappa shape index (κ3) is 5.30. The van der Waals surface area contributed by atoms with E-state index in [1.54, 1.807) is 6.92 Å². The molecule has 0 radical (unpaired) electrons. The molecule has 0 saturated carbocycles. The topological polar surface area (TPSA) is 242 Å². The van der Waals surface area contributed by atoms with Crippen molar-refractivity contribution in [1.82, 2.24) is 5.32 Å². The van der Waals surface area contributed by atoms with Gasteiger partial charge in [0, 0.05) is 0 Å². The Bertz CT molecular complexity index is 695. The Hall–Kier alpha value is -0.820. The van der Waals surface area contributed by atoms with Crippen LogP contribution in [0.5, 0.6) is 0 Å². The van der Waals surface area contributed by atoms with Gasteiger partial charge in [-0.25, -0.2) is 0 Å². The van der Waals surface area contributed by atoms with Gasteiger partial charge in [-0.15, -0.1) is 0 Å². The average Bonchev–Trinajstić information content (AvgIpc) is 2.83. The average molecular weight is 497 g/mol. The molecule has 0 aromatic carbocycles. The molecule has 0 amide bonds. The van der Waals surface area contributed by atoms with Crippen molar-refractivity contribution in [1.29, 1.82) is 0 Å². The maximum absolute atomic E-state index is 10.7. The molecule has 2 saturated heterocycles. The normalized spacial score (nSPS) is 50.1. The summed E-state index contributed by atoms with van der Waals surface area (Å²) in [5.41, 5.74) is 0.0109. The summed E-state index contributed by atoms with van der Waals surface area (Å²) in [5, 5.41) is 104. The third-order valence-electron chi connectivity index (χ3n) is 6.58. The highest BCUT2D eigenvalue weighted by molar-refractivity contribution is 5.22. The zero-order chi connectivity index (χ0) is 25.3. The maximum atomic E-state index is 10.7. The van der Waals surface area contributed by atoms with Crippen LogP contribution in [0.4, 0.5) is 0 Å². The van der Waals surface area contributed by atoms with Crippen LogP contribution in [0.1, 0.15) is 13.3 Å². The lowest BCUT2D eigenvalue weighted by molar-refractivity contribution is -0.342. The first-order valence-electron chi connectivity index (χ1n) is 11.1. The number of hydrogen-bond donors (Lipinski definition) is 11. The summed E-state index contributed by atoms with van der Waals surface area (Å²) in [5.74, 6) is 0. The second kappa shape index (κ2) is 11.5. The first kappa shape index (κ1) is 27.8. The van der Waals surface area contributed by atoms with Gasteiger partial charge in [0.05, 0.1) is 25.4 Å². The molecule has 2 aliphatic heterocycles. The third-order valence-corrected chi connectivity index (χ3v) is 6.58. The fourth-order valence-electron chi connectivity index (χ4n) is 4.43. The molecule has 1 aliphatic carbocycles. The lowest BCUT2D eigenvalue weighted by Gasteiger charge is -2.47. The summed E-state index contributed by atoms with van der Waals surface area (Å²) in [4.78, 5) is 0. The van der Waals surface area contributed by atoms with Gasteiger partial charge in [0.2, 0.25) is 0 Å². The van der Waals surface area contributed by atoms with E-state index in [2.05, 4.69) is 5.32 Å². The predicted octanol–water partition coefficient (Wildman–Crippen LogP) is -6.00. The molecule has 14 heteroatoms. The quantitative estimate of drug-likeness (QED) is 0.147. The molecule has 3 rings (SSSR count). The highest BCUT2D eigenvalue weighted by Crippen LogP contribution is 2.30. The van der Waals surface area contributed by atoms with E-state index in [0.717, 1.165) is 0 Å². The van der Waals surface area contributed by atoms with Gasteiger partial charge >= 0.3 is 0 Å². The highest BCUT2D eigenvalue weighted by atomic mass is 16.7. The van der Waals surface area contributed by atoms with Crippen LogP contribution in [0.15, 0.2) is 11.6 Å². The molecule has 198 valence electrons. The van der Waals surface area contributed by atoms with Crippen LogP contribution in [0.25, 0.3) is 0 Å². The smallest absolute Gasteiger partial charge is 0.187 e. The molecular weight excluding hydrogens is 462 g/mol. The monoisotopic (exact) mass is 497 g/mol. The van der Waals surface area contributed by atoms with Crippen molar-refractivity contribution >= 4 is 0 Å². The summed E-state index contributed by atoms with van der Waals surface area (Å²) in [6.45, 7) is 0.361. The van der Waals surface area contributed by atoms with E-state index >= 15 is 0 Å². The van der Waals surface area contributed by atoms with Crippen molar-refractivity contribution in [2.24, 2.45) is 0 Å². The Morgan fingerprint density at radius 1 is 0.794 bits per heavy atom. The van der Waals surface area contributed by atoms with E-state index in [4.69, 9.17) is 14.2 Å². The van der Waals surface area contributed by atoms with E-state index in [0.29, 0.717) is 0 Å². The Morgan fingerprint density at radius 3 is 2.03 bits per heavy atom. The number of aliphatic hydroxyl groups is 10. The Balaban J connectivity index is 1.85. The van der Waals surface area contributed by atoms with Gasteiger partial charge < -0.3 is 65.3 Å². The Morgan fingerprint density at radius 2 is 1.44 bits per heavy atom. The zero-order valence-electron chi connectivity index (χ0n) is 18.5. The molecule has 11 N–H and O–H groups in total. The molecule has 0 aromatic rings. The van der Waals surface area contributed by atoms with Gasteiger partial charge in [0.25, 0.3) is 0 Å². The minimum Gasteiger partial charge on any atom is -0.394 e. The minimum atomic E-state index is -1.73. The van der Waals surface area contributed by atoms with Gasteiger partial charge in [-0.05, 0) is 12.0 Å². The number of nitrogens with one attached hydrogen (secondary N) is 1. The van der Waals surface area contributed by atoms with Crippen LogP contribution in [-0.4, -0.2) is 150 Å². The molecule has 3 aliphatic rings. The molecular formula is C20H35NO13. The molecule has 2 heterocycles. The van der Waals surface area contributed by atoms with Crippen molar-refractivity contribution in [3.8, 4) is 0 Å². The van der Waals surface area contributed by atoms with Crippen molar-refractivity contribution in [2.45, 2.75) is 99.0 Å². The largest absolute Gasteiger partial charge is 0.394 e. The van der Waals surface area contributed by atoms with Gasteiger partial charge in [-0.3, -0.25) is 5.32 Å². The van der Waals surface area contributed by atoms with Crippen LogP contribution in [0, 0.1) is 0 Å². The fourth-order valence-corrected chi connectivity index (χ4v) is 4.43. The summed E-state index contributed by atoms with van der Waals surface area (Å²) in [6.07, 6.45) is -17.9. The SMILES string of the molecule is CCC1OC(OC2C(NC3C=C(CO)C(O)C(O)C3O)OC(CO)C(O)C2O)C(O)C(O)C1O. The van der Waals surface area contributed by atoms with Crippen LogP contribution in [0.3, 0.4) is 0 Å². The molecule has 0 spiro atoms. The van der Waals surface area contributed by atoms with E-state index in [9.17, 15) is 51.1 Å². The summed E-state index contributed by atoms with van der Waals surface area (Å²) < 4.78 is 16.8. The van der Waals surface area contributed by atoms with E-state index in [-0.39, 0.29) is 12.0 Å². The molecule has 2 fully saturated rings.